The third kappa shape index (κ3) is 4.12. The summed E-state index contributed by atoms with van der Waals surface area (Å²) in [6, 6.07) is 11.7. The van der Waals surface area contributed by atoms with Gasteiger partial charge in [0, 0.05) is 12.2 Å². The van der Waals surface area contributed by atoms with Crippen molar-refractivity contribution in [2.24, 2.45) is 5.84 Å². The first-order chi connectivity index (χ1) is 9.29. The van der Waals surface area contributed by atoms with Gasteiger partial charge in [0.1, 0.15) is 5.82 Å². The van der Waals surface area contributed by atoms with Gasteiger partial charge in [0.25, 0.3) is 0 Å². The third-order valence-electron chi connectivity index (χ3n) is 3.13. The zero-order chi connectivity index (χ0) is 13.5. The zero-order valence-corrected chi connectivity index (χ0v) is 10.7. The van der Waals surface area contributed by atoms with E-state index in [4.69, 9.17) is 5.84 Å². The number of nitrogens with one attached hydrogen (secondary N) is 1. The molecular weight excluding hydrogens is 241 g/mol. The van der Waals surface area contributed by atoms with E-state index in [9.17, 15) is 4.39 Å². The fourth-order valence-electron chi connectivity index (χ4n) is 2.12. The molecule has 0 radical (unpaired) electrons. The number of aryl methyl sites for hydroxylation is 1. The van der Waals surface area contributed by atoms with Gasteiger partial charge >= 0.3 is 0 Å². The summed E-state index contributed by atoms with van der Waals surface area (Å²) in [5, 5.41) is 0. The first-order valence-electron chi connectivity index (χ1n) is 6.40. The van der Waals surface area contributed by atoms with Crippen molar-refractivity contribution in [1.82, 2.24) is 10.4 Å². The van der Waals surface area contributed by atoms with Gasteiger partial charge in [-0.25, -0.2) is 4.39 Å². The molecule has 0 bridgehead atoms. The van der Waals surface area contributed by atoms with Crippen molar-refractivity contribution in [2.45, 2.75) is 25.3 Å². The van der Waals surface area contributed by atoms with Crippen molar-refractivity contribution in [2.75, 3.05) is 0 Å². The van der Waals surface area contributed by atoms with Crippen LogP contribution in [0.2, 0.25) is 0 Å². The lowest BCUT2D eigenvalue weighted by Gasteiger charge is -2.15. The Kier molecular flexibility index (Phi) is 5.01. The van der Waals surface area contributed by atoms with E-state index in [-0.39, 0.29) is 11.9 Å². The molecule has 0 aliphatic rings. The van der Waals surface area contributed by atoms with Gasteiger partial charge in [-0.2, -0.15) is 0 Å². The molecule has 4 heteroatoms. The average Bonchev–Trinajstić information content (AvgIpc) is 2.45. The molecule has 2 aromatic rings. The lowest BCUT2D eigenvalue weighted by Crippen LogP contribution is -2.28. The Bertz CT molecular complexity index is 502. The van der Waals surface area contributed by atoms with Crippen molar-refractivity contribution in [1.29, 1.82) is 0 Å². The van der Waals surface area contributed by atoms with Gasteiger partial charge in [-0.05, 0) is 36.5 Å². The summed E-state index contributed by atoms with van der Waals surface area (Å²) < 4.78 is 13.1. The number of nitrogens with two attached hydrogens (primary N) is 1. The normalized spacial score (nSPS) is 12.3. The highest BCUT2D eigenvalue weighted by molar-refractivity contribution is 5.16. The fourth-order valence-corrected chi connectivity index (χ4v) is 2.12. The van der Waals surface area contributed by atoms with Gasteiger partial charge in [-0.1, -0.05) is 30.3 Å². The van der Waals surface area contributed by atoms with Crippen LogP contribution in [-0.4, -0.2) is 4.98 Å². The minimum Gasteiger partial charge on any atom is -0.271 e. The predicted octanol–water partition coefficient (Wildman–Crippen LogP) is 2.75. The average molecular weight is 259 g/mol. The van der Waals surface area contributed by atoms with Crippen molar-refractivity contribution in [3.05, 3.63) is 65.7 Å². The largest absolute Gasteiger partial charge is 0.271 e. The van der Waals surface area contributed by atoms with Gasteiger partial charge in [0.05, 0.1) is 6.20 Å². The number of hydrogen-bond acceptors (Lipinski definition) is 3. The number of halogens is 1. The lowest BCUT2D eigenvalue weighted by atomic mass is 10.0. The van der Waals surface area contributed by atoms with Crippen molar-refractivity contribution < 1.29 is 4.39 Å². The number of benzene rings is 1. The van der Waals surface area contributed by atoms with Crippen LogP contribution in [0.3, 0.4) is 0 Å². The molecule has 0 fully saturated rings. The van der Waals surface area contributed by atoms with Crippen LogP contribution < -0.4 is 11.3 Å². The molecule has 1 heterocycles. The number of nitrogens with zero attached hydrogens (tertiary/aromatic N) is 1. The van der Waals surface area contributed by atoms with E-state index in [0.29, 0.717) is 0 Å². The van der Waals surface area contributed by atoms with Crippen molar-refractivity contribution in [3.63, 3.8) is 0 Å². The molecule has 19 heavy (non-hydrogen) atoms. The SMILES string of the molecule is NNC(CCCc1ccccc1)c1cncc(F)c1. The first-order valence-corrected chi connectivity index (χ1v) is 6.40. The summed E-state index contributed by atoms with van der Waals surface area (Å²) >= 11 is 0. The van der Waals surface area contributed by atoms with Gasteiger partial charge in [-0.3, -0.25) is 16.3 Å². The Labute approximate surface area is 112 Å². The Morgan fingerprint density at radius 1 is 1.21 bits per heavy atom. The molecule has 0 saturated heterocycles. The maximum Gasteiger partial charge on any atom is 0.141 e. The second-order valence-electron chi connectivity index (χ2n) is 4.53. The molecule has 2 rings (SSSR count). The van der Waals surface area contributed by atoms with E-state index >= 15 is 0 Å². The van der Waals surface area contributed by atoms with Crippen LogP contribution in [0.15, 0.2) is 48.8 Å². The molecule has 1 unspecified atom stereocenters. The molecule has 1 aromatic heterocycles. The van der Waals surface area contributed by atoms with Crippen LogP contribution in [0.25, 0.3) is 0 Å². The Morgan fingerprint density at radius 2 is 2.00 bits per heavy atom. The molecule has 100 valence electrons. The van der Waals surface area contributed by atoms with Crippen LogP contribution in [0.5, 0.6) is 0 Å². The number of pyridine rings is 1. The highest BCUT2D eigenvalue weighted by Gasteiger charge is 2.10. The van der Waals surface area contributed by atoms with Crippen molar-refractivity contribution in [3.8, 4) is 0 Å². The predicted molar refractivity (Wildman–Crippen MR) is 73.6 cm³/mol. The summed E-state index contributed by atoms with van der Waals surface area (Å²) in [4.78, 5) is 3.85. The van der Waals surface area contributed by atoms with E-state index in [1.165, 1.54) is 17.8 Å². The molecule has 0 saturated carbocycles. The number of rotatable bonds is 6. The monoisotopic (exact) mass is 259 g/mol. The highest BCUT2D eigenvalue weighted by Crippen LogP contribution is 2.18. The Morgan fingerprint density at radius 3 is 2.68 bits per heavy atom. The molecule has 0 aliphatic heterocycles. The zero-order valence-electron chi connectivity index (χ0n) is 10.7. The Hall–Kier alpha value is -1.78. The topological polar surface area (TPSA) is 50.9 Å². The highest BCUT2D eigenvalue weighted by atomic mass is 19.1. The summed E-state index contributed by atoms with van der Waals surface area (Å²) in [5.41, 5.74) is 4.81. The van der Waals surface area contributed by atoms with Crippen LogP contribution in [-0.2, 0) is 6.42 Å². The number of aromatic nitrogens is 1. The van der Waals surface area contributed by atoms with Crippen LogP contribution in [0.1, 0.15) is 30.0 Å². The molecule has 3 N–H and O–H groups in total. The maximum absolute atomic E-state index is 13.1. The molecule has 0 aliphatic carbocycles. The third-order valence-corrected chi connectivity index (χ3v) is 3.13. The summed E-state index contributed by atoms with van der Waals surface area (Å²) in [7, 11) is 0. The van der Waals surface area contributed by atoms with E-state index in [2.05, 4.69) is 22.5 Å². The Balaban J connectivity index is 1.89. The molecule has 0 spiro atoms. The van der Waals surface area contributed by atoms with E-state index in [0.717, 1.165) is 24.8 Å². The molecule has 1 atom stereocenters. The van der Waals surface area contributed by atoms with Gasteiger partial charge in [-0.15, -0.1) is 0 Å². The standard InChI is InChI=1S/C15H18FN3/c16-14-9-13(10-18-11-14)15(19-17)8-4-7-12-5-2-1-3-6-12/h1-3,5-6,9-11,15,19H,4,7-8,17H2. The minimum absolute atomic E-state index is 0.0630. The molecule has 3 nitrogen and oxygen atoms in total. The number of hydrazine groups is 1. The lowest BCUT2D eigenvalue weighted by molar-refractivity contribution is 0.493. The van der Waals surface area contributed by atoms with Gasteiger partial charge in [0.15, 0.2) is 0 Å². The fraction of sp³-hybridized carbons (Fsp3) is 0.267. The maximum atomic E-state index is 13.1. The van der Waals surface area contributed by atoms with Crippen LogP contribution in [0, 0.1) is 5.82 Å². The summed E-state index contributed by atoms with van der Waals surface area (Å²) in [6.07, 6.45) is 5.66. The van der Waals surface area contributed by atoms with E-state index in [1.807, 2.05) is 18.2 Å². The van der Waals surface area contributed by atoms with Crippen LogP contribution in [0.4, 0.5) is 4.39 Å². The second kappa shape index (κ2) is 6.97. The minimum atomic E-state index is -0.333. The quantitative estimate of drug-likeness (QED) is 0.619. The van der Waals surface area contributed by atoms with Crippen LogP contribution >= 0.6 is 0 Å². The molecule has 1 aromatic carbocycles. The van der Waals surface area contributed by atoms with Gasteiger partial charge in [0.2, 0.25) is 0 Å². The smallest absolute Gasteiger partial charge is 0.141 e. The molecular formula is C15H18FN3. The number of hydrogen-bond donors (Lipinski definition) is 2. The van der Waals surface area contributed by atoms with E-state index in [1.54, 1.807) is 6.20 Å². The molecule has 0 amide bonds. The van der Waals surface area contributed by atoms with Crippen molar-refractivity contribution >= 4 is 0 Å². The summed E-state index contributed by atoms with van der Waals surface area (Å²) in [5.74, 6) is 5.20. The van der Waals surface area contributed by atoms with E-state index < -0.39 is 0 Å². The second-order valence-corrected chi connectivity index (χ2v) is 4.53. The van der Waals surface area contributed by atoms with Gasteiger partial charge < -0.3 is 0 Å². The summed E-state index contributed by atoms with van der Waals surface area (Å²) in [6.45, 7) is 0. The first kappa shape index (κ1) is 13.6.